The smallest absolute Gasteiger partial charge is 0.0630 e. The van der Waals surface area contributed by atoms with Gasteiger partial charge in [-0.1, -0.05) is 6.07 Å². The molecule has 2 heterocycles. The quantitative estimate of drug-likeness (QED) is 0.803. The predicted molar refractivity (Wildman–Crippen MR) is 63.2 cm³/mol. The molecular weight excluding hydrogens is 202 g/mol. The molecule has 1 aliphatic heterocycles. The number of hydrogen-bond acceptors (Lipinski definition) is 4. The number of hydrogen-bond donors (Lipinski definition) is 1. The molecule has 88 valence electrons. The van der Waals surface area contributed by atoms with Crippen molar-refractivity contribution in [2.45, 2.75) is 12.6 Å². The minimum atomic E-state index is 0.471. The zero-order valence-corrected chi connectivity index (χ0v) is 9.72. The van der Waals surface area contributed by atoms with E-state index in [4.69, 9.17) is 4.74 Å². The lowest BCUT2D eigenvalue weighted by molar-refractivity contribution is 0.0687. The molecule has 2 rings (SSSR count). The van der Waals surface area contributed by atoms with Gasteiger partial charge < -0.3 is 10.1 Å². The number of pyridine rings is 1. The number of nitrogens with zero attached hydrogens (tertiary/aromatic N) is 2. The molecule has 1 fully saturated rings. The SMILES string of the molecule is COCC1CNCCN1Cc1cccnc1. The topological polar surface area (TPSA) is 37.4 Å². The van der Waals surface area contributed by atoms with E-state index in [9.17, 15) is 0 Å². The Kier molecular flexibility index (Phi) is 4.27. The van der Waals surface area contributed by atoms with Crippen LogP contribution < -0.4 is 5.32 Å². The highest BCUT2D eigenvalue weighted by Gasteiger charge is 2.21. The maximum absolute atomic E-state index is 5.25. The first-order chi connectivity index (χ1) is 7.90. The Bertz CT molecular complexity index is 302. The Morgan fingerprint density at radius 1 is 1.62 bits per heavy atom. The molecule has 0 aliphatic carbocycles. The molecule has 4 nitrogen and oxygen atoms in total. The van der Waals surface area contributed by atoms with Crippen LogP contribution in [0.25, 0.3) is 0 Å². The number of piperazine rings is 1. The van der Waals surface area contributed by atoms with Gasteiger partial charge in [0.2, 0.25) is 0 Å². The third-order valence-electron chi connectivity index (χ3n) is 2.94. The largest absolute Gasteiger partial charge is 0.383 e. The normalized spacial score (nSPS) is 22.2. The standard InChI is InChI=1S/C12H19N3O/c1-16-10-12-8-14-5-6-15(12)9-11-3-2-4-13-7-11/h2-4,7,12,14H,5-6,8-10H2,1H3. The van der Waals surface area contributed by atoms with Gasteiger partial charge >= 0.3 is 0 Å². The van der Waals surface area contributed by atoms with Crippen molar-refractivity contribution in [1.82, 2.24) is 15.2 Å². The Hall–Kier alpha value is -0.970. The molecule has 1 unspecified atom stereocenters. The van der Waals surface area contributed by atoms with E-state index in [1.807, 2.05) is 18.5 Å². The molecule has 0 bridgehead atoms. The fraction of sp³-hybridized carbons (Fsp3) is 0.583. The van der Waals surface area contributed by atoms with Crippen molar-refractivity contribution in [2.24, 2.45) is 0 Å². The third kappa shape index (κ3) is 3.01. The molecule has 0 radical (unpaired) electrons. The maximum atomic E-state index is 5.25. The monoisotopic (exact) mass is 221 g/mol. The van der Waals surface area contributed by atoms with Crippen molar-refractivity contribution in [3.05, 3.63) is 30.1 Å². The van der Waals surface area contributed by atoms with Crippen molar-refractivity contribution in [2.75, 3.05) is 33.4 Å². The number of methoxy groups -OCH3 is 1. The van der Waals surface area contributed by atoms with E-state index in [1.54, 1.807) is 7.11 Å². The van der Waals surface area contributed by atoms with Crippen LogP contribution in [0.15, 0.2) is 24.5 Å². The van der Waals surface area contributed by atoms with Crippen LogP contribution in [0.2, 0.25) is 0 Å². The number of aromatic nitrogens is 1. The summed E-state index contributed by atoms with van der Waals surface area (Å²) in [5.41, 5.74) is 1.27. The van der Waals surface area contributed by atoms with Crippen molar-refractivity contribution < 1.29 is 4.74 Å². The van der Waals surface area contributed by atoms with Crippen LogP contribution in [0.1, 0.15) is 5.56 Å². The van der Waals surface area contributed by atoms with E-state index in [0.29, 0.717) is 6.04 Å². The molecular formula is C12H19N3O. The lowest BCUT2D eigenvalue weighted by Gasteiger charge is -2.35. The molecule has 1 aromatic heterocycles. The molecule has 1 N–H and O–H groups in total. The summed E-state index contributed by atoms with van der Waals surface area (Å²) in [4.78, 5) is 6.60. The van der Waals surface area contributed by atoms with E-state index in [1.165, 1.54) is 5.56 Å². The van der Waals surface area contributed by atoms with Crippen LogP contribution in [0.4, 0.5) is 0 Å². The van der Waals surface area contributed by atoms with Crippen molar-refractivity contribution in [3.8, 4) is 0 Å². The third-order valence-corrected chi connectivity index (χ3v) is 2.94. The molecule has 1 aliphatic rings. The highest BCUT2D eigenvalue weighted by Crippen LogP contribution is 2.09. The van der Waals surface area contributed by atoms with Gasteiger partial charge in [0.1, 0.15) is 0 Å². The van der Waals surface area contributed by atoms with E-state index < -0.39 is 0 Å². The Labute approximate surface area is 96.6 Å². The van der Waals surface area contributed by atoms with Gasteiger partial charge in [-0.3, -0.25) is 9.88 Å². The van der Waals surface area contributed by atoms with Crippen LogP contribution in [-0.4, -0.2) is 49.3 Å². The van der Waals surface area contributed by atoms with Gasteiger partial charge in [-0.25, -0.2) is 0 Å². The van der Waals surface area contributed by atoms with E-state index >= 15 is 0 Å². The Balaban J connectivity index is 1.96. The van der Waals surface area contributed by atoms with Crippen molar-refractivity contribution >= 4 is 0 Å². The lowest BCUT2D eigenvalue weighted by Crippen LogP contribution is -2.52. The Morgan fingerprint density at radius 2 is 2.56 bits per heavy atom. The average molecular weight is 221 g/mol. The van der Waals surface area contributed by atoms with E-state index in [2.05, 4.69) is 21.3 Å². The van der Waals surface area contributed by atoms with E-state index in [-0.39, 0.29) is 0 Å². The molecule has 16 heavy (non-hydrogen) atoms. The summed E-state index contributed by atoms with van der Waals surface area (Å²) in [5.74, 6) is 0. The van der Waals surface area contributed by atoms with E-state index in [0.717, 1.165) is 32.8 Å². The fourth-order valence-electron chi connectivity index (χ4n) is 2.09. The van der Waals surface area contributed by atoms with Gasteiger partial charge in [0, 0.05) is 51.7 Å². The van der Waals surface area contributed by atoms with Gasteiger partial charge in [0.05, 0.1) is 6.61 Å². The summed E-state index contributed by atoms with van der Waals surface area (Å²) >= 11 is 0. The van der Waals surface area contributed by atoms with Gasteiger partial charge in [-0.15, -0.1) is 0 Å². The summed E-state index contributed by atoms with van der Waals surface area (Å²) in [7, 11) is 1.76. The first-order valence-corrected chi connectivity index (χ1v) is 5.73. The van der Waals surface area contributed by atoms with Crippen molar-refractivity contribution in [3.63, 3.8) is 0 Å². The minimum Gasteiger partial charge on any atom is -0.383 e. The second-order valence-electron chi connectivity index (χ2n) is 4.15. The summed E-state index contributed by atoms with van der Waals surface area (Å²) in [5, 5.41) is 3.40. The molecule has 0 spiro atoms. The van der Waals surface area contributed by atoms with Crippen molar-refractivity contribution in [1.29, 1.82) is 0 Å². The van der Waals surface area contributed by atoms with Crippen LogP contribution in [0, 0.1) is 0 Å². The number of rotatable bonds is 4. The lowest BCUT2D eigenvalue weighted by atomic mass is 10.1. The summed E-state index contributed by atoms with van der Waals surface area (Å²) in [6.07, 6.45) is 3.75. The van der Waals surface area contributed by atoms with Gasteiger partial charge in [0.25, 0.3) is 0 Å². The summed E-state index contributed by atoms with van der Waals surface area (Å²) < 4.78 is 5.25. The fourth-order valence-corrected chi connectivity index (χ4v) is 2.09. The molecule has 0 aromatic carbocycles. The van der Waals surface area contributed by atoms with Gasteiger partial charge in [-0.2, -0.15) is 0 Å². The molecule has 0 amide bonds. The first kappa shape index (κ1) is 11.5. The van der Waals surface area contributed by atoms with Crippen LogP contribution >= 0.6 is 0 Å². The maximum Gasteiger partial charge on any atom is 0.0630 e. The number of ether oxygens (including phenoxy) is 1. The predicted octanol–water partition coefficient (Wildman–Crippen LogP) is 0.502. The van der Waals surface area contributed by atoms with Crippen LogP contribution in [0.5, 0.6) is 0 Å². The average Bonchev–Trinajstić information content (AvgIpc) is 2.33. The first-order valence-electron chi connectivity index (χ1n) is 5.73. The summed E-state index contributed by atoms with van der Waals surface area (Å²) in [6.45, 7) is 4.88. The summed E-state index contributed by atoms with van der Waals surface area (Å²) in [6, 6.07) is 4.58. The molecule has 1 atom stereocenters. The highest BCUT2D eigenvalue weighted by molar-refractivity contribution is 5.08. The molecule has 1 aromatic rings. The molecule has 0 saturated carbocycles. The second kappa shape index (κ2) is 5.94. The Morgan fingerprint density at radius 3 is 3.31 bits per heavy atom. The minimum absolute atomic E-state index is 0.471. The highest BCUT2D eigenvalue weighted by atomic mass is 16.5. The zero-order valence-electron chi connectivity index (χ0n) is 9.72. The molecule has 4 heteroatoms. The van der Waals surface area contributed by atoms with Crippen LogP contribution in [-0.2, 0) is 11.3 Å². The second-order valence-corrected chi connectivity index (χ2v) is 4.15. The van der Waals surface area contributed by atoms with Crippen LogP contribution in [0.3, 0.4) is 0 Å². The van der Waals surface area contributed by atoms with Gasteiger partial charge in [0.15, 0.2) is 0 Å². The molecule has 1 saturated heterocycles. The number of nitrogens with one attached hydrogen (secondary N) is 1. The zero-order chi connectivity index (χ0) is 11.2. The van der Waals surface area contributed by atoms with Gasteiger partial charge in [-0.05, 0) is 11.6 Å².